The van der Waals surface area contributed by atoms with Gasteiger partial charge >= 0.3 is 0 Å². The average molecular weight is 390 g/mol. The number of aromatic nitrogens is 4. The van der Waals surface area contributed by atoms with Crippen LogP contribution in [-0.2, 0) is 6.54 Å². The number of anilines is 1. The average Bonchev–Trinajstić information content (AvgIpc) is 3.22. The number of hydrogen-bond donors (Lipinski definition) is 1. The van der Waals surface area contributed by atoms with E-state index < -0.39 is 4.92 Å². The Hall–Kier alpha value is -3.72. The summed E-state index contributed by atoms with van der Waals surface area (Å²) < 4.78 is 0. The fourth-order valence-electron chi connectivity index (χ4n) is 2.54. The first kappa shape index (κ1) is 17.7. The number of pyridine rings is 1. The molecule has 0 amide bonds. The molecule has 0 aliphatic carbocycles. The second-order valence-corrected chi connectivity index (χ2v) is 6.68. The molecule has 0 saturated heterocycles. The first-order valence-electron chi connectivity index (χ1n) is 8.37. The highest BCUT2D eigenvalue weighted by Gasteiger charge is 2.09. The number of nitro benzene ring substituents is 1. The summed E-state index contributed by atoms with van der Waals surface area (Å²) in [5, 5.41) is 25.2. The van der Waals surface area contributed by atoms with Crippen LogP contribution < -0.4 is 5.32 Å². The van der Waals surface area contributed by atoms with Crippen LogP contribution in [0.25, 0.3) is 22.0 Å². The third-order valence-corrected chi connectivity index (χ3v) is 4.82. The Morgan fingerprint density at radius 3 is 2.71 bits per heavy atom. The molecule has 0 spiro atoms. The second kappa shape index (κ2) is 7.89. The van der Waals surface area contributed by atoms with Crippen LogP contribution in [0.15, 0.2) is 66.2 Å². The maximum absolute atomic E-state index is 10.9. The molecule has 0 fully saturated rings. The number of non-ortho nitro benzene ring substituents is 1. The van der Waals surface area contributed by atoms with Crippen LogP contribution in [0.1, 0.15) is 5.69 Å². The van der Waals surface area contributed by atoms with E-state index in [1.54, 1.807) is 30.5 Å². The van der Waals surface area contributed by atoms with Crippen LogP contribution in [-0.4, -0.2) is 25.1 Å². The minimum atomic E-state index is -0.431. The van der Waals surface area contributed by atoms with Gasteiger partial charge in [0, 0.05) is 29.3 Å². The molecule has 0 bridgehead atoms. The Balaban J connectivity index is 1.42. The highest BCUT2D eigenvalue weighted by atomic mass is 32.1. The van der Waals surface area contributed by atoms with Crippen LogP contribution >= 0.6 is 11.3 Å². The van der Waals surface area contributed by atoms with Crippen molar-refractivity contribution in [1.82, 2.24) is 20.2 Å². The number of nitro groups is 1. The molecule has 0 saturated carbocycles. The van der Waals surface area contributed by atoms with Crippen molar-refractivity contribution in [1.29, 1.82) is 0 Å². The number of hydrogen-bond acceptors (Lipinski definition) is 8. The fraction of sp³-hybridized carbons (Fsp3) is 0.0526. The van der Waals surface area contributed by atoms with E-state index in [-0.39, 0.29) is 5.69 Å². The molecule has 0 aliphatic heterocycles. The lowest BCUT2D eigenvalue weighted by Crippen LogP contribution is -2.03. The van der Waals surface area contributed by atoms with E-state index in [1.165, 1.54) is 23.5 Å². The van der Waals surface area contributed by atoms with Crippen molar-refractivity contribution >= 4 is 22.8 Å². The zero-order chi connectivity index (χ0) is 19.3. The Bertz CT molecular complexity index is 1100. The van der Waals surface area contributed by atoms with Crippen molar-refractivity contribution in [2.45, 2.75) is 6.54 Å². The van der Waals surface area contributed by atoms with Gasteiger partial charge < -0.3 is 5.32 Å². The summed E-state index contributed by atoms with van der Waals surface area (Å²) in [4.78, 5) is 19.3. The van der Waals surface area contributed by atoms with Gasteiger partial charge in [-0.2, -0.15) is 0 Å². The topological polar surface area (TPSA) is 107 Å². The van der Waals surface area contributed by atoms with Gasteiger partial charge in [0.1, 0.15) is 10.8 Å². The fourth-order valence-corrected chi connectivity index (χ4v) is 3.33. The Morgan fingerprint density at radius 1 is 1.04 bits per heavy atom. The van der Waals surface area contributed by atoms with E-state index in [0.717, 1.165) is 16.4 Å². The smallest absolute Gasteiger partial charge is 0.270 e. The summed E-state index contributed by atoms with van der Waals surface area (Å²) in [6.07, 6.45) is 1.74. The predicted molar refractivity (Wildman–Crippen MR) is 107 cm³/mol. The number of benzene rings is 1. The lowest BCUT2D eigenvalue weighted by molar-refractivity contribution is -0.384. The molecule has 1 aromatic carbocycles. The Kier molecular flexibility index (Phi) is 4.98. The van der Waals surface area contributed by atoms with E-state index in [9.17, 15) is 10.1 Å². The monoisotopic (exact) mass is 390 g/mol. The molecule has 3 heterocycles. The molecular weight excluding hydrogens is 376 g/mol. The predicted octanol–water partition coefficient (Wildman–Crippen LogP) is 4.18. The van der Waals surface area contributed by atoms with Crippen molar-refractivity contribution in [2.75, 3.05) is 5.32 Å². The van der Waals surface area contributed by atoms with E-state index in [0.29, 0.717) is 23.6 Å². The van der Waals surface area contributed by atoms with Crippen LogP contribution in [0.5, 0.6) is 0 Å². The minimum absolute atomic E-state index is 0.0220. The van der Waals surface area contributed by atoms with E-state index in [2.05, 4.69) is 25.5 Å². The van der Waals surface area contributed by atoms with Gasteiger partial charge in [0.05, 0.1) is 28.5 Å². The summed E-state index contributed by atoms with van der Waals surface area (Å²) in [5.41, 5.74) is 2.97. The molecule has 0 radical (unpaired) electrons. The zero-order valence-corrected chi connectivity index (χ0v) is 15.3. The summed E-state index contributed by atoms with van der Waals surface area (Å²) in [6.45, 7) is 0.508. The molecule has 4 aromatic rings. The van der Waals surface area contributed by atoms with E-state index in [1.807, 2.05) is 23.6 Å². The summed E-state index contributed by atoms with van der Waals surface area (Å²) >= 11 is 1.54. The molecular formula is C19H14N6O2S. The molecule has 8 nitrogen and oxygen atoms in total. The first-order valence-corrected chi connectivity index (χ1v) is 9.25. The molecule has 0 unspecified atom stereocenters. The third-order valence-electron chi connectivity index (χ3n) is 3.90. The first-order chi connectivity index (χ1) is 13.7. The normalized spacial score (nSPS) is 10.6. The van der Waals surface area contributed by atoms with Crippen molar-refractivity contribution in [3.05, 3.63) is 82.0 Å². The number of nitrogens with zero attached hydrogens (tertiary/aromatic N) is 5. The summed E-state index contributed by atoms with van der Waals surface area (Å²) in [6, 6.07) is 15.6. The molecule has 138 valence electrons. The third kappa shape index (κ3) is 3.99. The van der Waals surface area contributed by atoms with Crippen molar-refractivity contribution in [2.24, 2.45) is 0 Å². The molecule has 1 N–H and O–H groups in total. The van der Waals surface area contributed by atoms with Gasteiger partial charge in [-0.1, -0.05) is 18.2 Å². The van der Waals surface area contributed by atoms with Gasteiger partial charge in [0.15, 0.2) is 0 Å². The number of thiazole rings is 1. The quantitative estimate of drug-likeness (QED) is 0.389. The molecule has 4 rings (SSSR count). The van der Waals surface area contributed by atoms with Crippen LogP contribution in [0, 0.1) is 10.1 Å². The van der Waals surface area contributed by atoms with Gasteiger partial charge in [-0.3, -0.25) is 15.1 Å². The maximum Gasteiger partial charge on any atom is 0.270 e. The van der Waals surface area contributed by atoms with Gasteiger partial charge in [-0.15, -0.1) is 21.5 Å². The highest BCUT2D eigenvalue weighted by Crippen LogP contribution is 2.23. The Morgan fingerprint density at radius 2 is 1.96 bits per heavy atom. The van der Waals surface area contributed by atoms with E-state index in [4.69, 9.17) is 0 Å². The van der Waals surface area contributed by atoms with Gasteiger partial charge in [0.25, 0.3) is 5.69 Å². The largest absolute Gasteiger partial charge is 0.363 e. The van der Waals surface area contributed by atoms with E-state index >= 15 is 0 Å². The molecule has 28 heavy (non-hydrogen) atoms. The lowest BCUT2D eigenvalue weighted by Gasteiger charge is -2.04. The van der Waals surface area contributed by atoms with Crippen molar-refractivity contribution in [3.8, 4) is 22.0 Å². The molecule has 3 aromatic heterocycles. The summed E-state index contributed by atoms with van der Waals surface area (Å²) in [5.74, 6) is 0.599. The summed E-state index contributed by atoms with van der Waals surface area (Å²) in [7, 11) is 0. The molecule has 0 atom stereocenters. The van der Waals surface area contributed by atoms with Gasteiger partial charge in [-0.05, 0) is 24.3 Å². The Labute approximate surface area is 164 Å². The number of nitrogens with one attached hydrogen (secondary N) is 1. The zero-order valence-electron chi connectivity index (χ0n) is 14.5. The minimum Gasteiger partial charge on any atom is -0.363 e. The number of rotatable bonds is 6. The SMILES string of the molecule is O=[N+]([O-])c1cccc(-c2ccc(NCc3csc(-c4ccccn4)n3)nn2)c1. The lowest BCUT2D eigenvalue weighted by atomic mass is 10.1. The maximum atomic E-state index is 10.9. The van der Waals surface area contributed by atoms with Crippen molar-refractivity contribution < 1.29 is 4.92 Å². The van der Waals surface area contributed by atoms with Gasteiger partial charge in [-0.25, -0.2) is 4.98 Å². The molecule has 9 heteroatoms. The molecule has 0 aliphatic rings. The standard InChI is InChI=1S/C19H14N6O2S/c26-25(27)15-5-3-4-13(10-15)16-7-8-18(24-23-16)21-11-14-12-28-19(22-14)17-6-1-2-9-20-17/h1-10,12H,11H2,(H,21,24). The highest BCUT2D eigenvalue weighted by molar-refractivity contribution is 7.13. The van der Waals surface area contributed by atoms with Crippen molar-refractivity contribution in [3.63, 3.8) is 0 Å². The van der Waals surface area contributed by atoms with Crippen LogP contribution in [0.2, 0.25) is 0 Å². The van der Waals surface area contributed by atoms with Gasteiger partial charge in [0.2, 0.25) is 0 Å². The van der Waals surface area contributed by atoms with Crippen LogP contribution in [0.4, 0.5) is 11.5 Å². The van der Waals surface area contributed by atoms with Crippen LogP contribution in [0.3, 0.4) is 0 Å². The second-order valence-electron chi connectivity index (χ2n) is 5.82.